The molecule has 1 saturated heterocycles. The van der Waals surface area contributed by atoms with Gasteiger partial charge in [0.1, 0.15) is 17.8 Å². The monoisotopic (exact) mass is 719 g/mol. The lowest BCUT2D eigenvalue weighted by Crippen LogP contribution is -2.32. The first-order chi connectivity index (χ1) is 23.8. The van der Waals surface area contributed by atoms with Gasteiger partial charge in [-0.05, 0) is 63.5 Å². The number of unbranched alkanes of at least 4 members (excludes halogenated alkanes) is 1. The van der Waals surface area contributed by atoms with Gasteiger partial charge in [-0.25, -0.2) is 14.6 Å². The highest BCUT2D eigenvalue weighted by atomic mass is 35.5. The van der Waals surface area contributed by atoms with Gasteiger partial charge in [0.05, 0.1) is 25.6 Å². The van der Waals surface area contributed by atoms with Crippen LogP contribution >= 0.6 is 19.3 Å². The number of rotatable bonds is 23. The fourth-order valence-corrected chi connectivity index (χ4v) is 6.36. The molecule has 49 heavy (non-hydrogen) atoms. The zero-order valence-corrected chi connectivity index (χ0v) is 30.1. The van der Waals surface area contributed by atoms with E-state index in [0.717, 1.165) is 44.9 Å². The molecule has 1 aliphatic heterocycles. The van der Waals surface area contributed by atoms with Crippen molar-refractivity contribution in [2.75, 3.05) is 32.0 Å². The summed E-state index contributed by atoms with van der Waals surface area (Å²) < 4.78 is 31.8. The number of carbonyl (C=O) groups excluding carboxylic acids is 1. The number of hydrogen-bond donors (Lipinski definition) is 4. The number of nitrogens with one attached hydrogen (secondary N) is 2. The number of aliphatic hydroxyl groups is 1. The standard InChI is InChI=1S/C34H51ClN7O6P/c1-3-5-6-7-8-9-10-11-12-13-14-15-16-17-18-19-20-21-29(44)37-22-23-39-49(45,46-4-2)47-25-28-27(43)24-30(48-28)42-26-38-31-32(36)40-34(35)41-33(31)42/h5-6,8-9,11-12,14-15,17-18,26-28,30,43H,3-4,7,10,13,16,19-25H2,1-2H3,(H,37,44)(H,39,45)(H2,36,40,41). The highest BCUT2D eigenvalue weighted by Crippen LogP contribution is 2.44. The lowest BCUT2D eigenvalue weighted by molar-refractivity contribution is -0.121. The Morgan fingerprint density at radius 3 is 2.35 bits per heavy atom. The molecule has 0 bridgehead atoms. The fourth-order valence-electron chi connectivity index (χ4n) is 4.86. The molecular weight excluding hydrogens is 669 g/mol. The van der Waals surface area contributed by atoms with Gasteiger partial charge in [0, 0.05) is 25.9 Å². The molecule has 0 saturated carbocycles. The van der Waals surface area contributed by atoms with E-state index in [1.165, 1.54) is 6.33 Å². The third-order valence-electron chi connectivity index (χ3n) is 7.33. The molecule has 270 valence electrons. The molecule has 1 fully saturated rings. The Balaban J connectivity index is 1.27. The molecule has 1 amide bonds. The zero-order valence-electron chi connectivity index (χ0n) is 28.5. The highest BCUT2D eigenvalue weighted by Gasteiger charge is 2.38. The van der Waals surface area contributed by atoms with Crippen LogP contribution in [0.5, 0.6) is 0 Å². The Hall–Kier alpha value is -3.16. The molecule has 0 aromatic carbocycles. The molecule has 1 aliphatic rings. The van der Waals surface area contributed by atoms with Crippen LogP contribution in [0.25, 0.3) is 11.2 Å². The maximum absolute atomic E-state index is 13.2. The topological polar surface area (TPSA) is 176 Å². The number of nitrogen functional groups attached to an aromatic ring is 1. The Bertz CT molecular complexity index is 1490. The number of nitrogens with two attached hydrogens (primary N) is 1. The number of allylic oxidation sites excluding steroid dienone is 10. The van der Waals surface area contributed by atoms with Crippen LogP contribution in [0.3, 0.4) is 0 Å². The molecule has 3 heterocycles. The number of aliphatic hydroxyl groups excluding tert-OH is 1. The summed E-state index contributed by atoms with van der Waals surface area (Å²) in [5.41, 5.74) is 6.62. The van der Waals surface area contributed by atoms with Gasteiger partial charge in [-0.1, -0.05) is 67.7 Å². The second kappa shape index (κ2) is 22.5. The molecule has 13 nitrogen and oxygen atoms in total. The molecule has 2 aromatic heterocycles. The molecule has 0 spiro atoms. The van der Waals surface area contributed by atoms with Gasteiger partial charge in [-0.15, -0.1) is 0 Å². The van der Waals surface area contributed by atoms with E-state index < -0.39 is 26.2 Å². The average molecular weight is 720 g/mol. The largest absolute Gasteiger partial charge is 0.405 e. The van der Waals surface area contributed by atoms with Gasteiger partial charge in [0.15, 0.2) is 11.5 Å². The van der Waals surface area contributed by atoms with Crippen LogP contribution in [-0.4, -0.2) is 69.0 Å². The van der Waals surface area contributed by atoms with E-state index in [0.29, 0.717) is 17.6 Å². The minimum absolute atomic E-state index is 0.0357. The Morgan fingerprint density at radius 2 is 1.69 bits per heavy atom. The third-order valence-corrected chi connectivity index (χ3v) is 9.20. The van der Waals surface area contributed by atoms with Gasteiger partial charge in [-0.2, -0.15) is 9.97 Å². The molecule has 0 aliphatic carbocycles. The lowest BCUT2D eigenvalue weighted by atomic mass is 10.2. The van der Waals surface area contributed by atoms with Crippen molar-refractivity contribution in [3.63, 3.8) is 0 Å². The molecule has 5 N–H and O–H groups in total. The molecule has 0 radical (unpaired) electrons. The summed E-state index contributed by atoms with van der Waals surface area (Å²) in [6.45, 7) is 4.17. The highest BCUT2D eigenvalue weighted by molar-refractivity contribution is 7.51. The average Bonchev–Trinajstić information content (AvgIpc) is 3.67. The first kappa shape index (κ1) is 40.3. The van der Waals surface area contributed by atoms with Crippen molar-refractivity contribution in [1.82, 2.24) is 29.9 Å². The Kier molecular flexibility index (Phi) is 18.5. The van der Waals surface area contributed by atoms with E-state index in [-0.39, 0.29) is 49.7 Å². The summed E-state index contributed by atoms with van der Waals surface area (Å²) >= 11 is 5.96. The van der Waals surface area contributed by atoms with Crippen molar-refractivity contribution in [3.8, 4) is 0 Å². The van der Waals surface area contributed by atoms with Crippen LogP contribution in [0.4, 0.5) is 5.82 Å². The number of aromatic nitrogens is 4. The van der Waals surface area contributed by atoms with Gasteiger partial charge < -0.3 is 20.9 Å². The van der Waals surface area contributed by atoms with Crippen LogP contribution in [0.1, 0.15) is 77.9 Å². The zero-order chi connectivity index (χ0) is 35.3. The smallest absolute Gasteiger partial charge is 0.390 e. The number of imidazole rings is 1. The second-order valence-electron chi connectivity index (χ2n) is 11.2. The molecule has 3 rings (SSSR count). The second-order valence-corrected chi connectivity index (χ2v) is 13.4. The van der Waals surface area contributed by atoms with Crippen molar-refractivity contribution in [3.05, 3.63) is 72.4 Å². The first-order valence-electron chi connectivity index (χ1n) is 16.9. The van der Waals surface area contributed by atoms with Crippen molar-refractivity contribution < 1.29 is 28.3 Å². The summed E-state index contributed by atoms with van der Waals surface area (Å²) in [6.07, 6.45) is 27.7. The molecule has 15 heteroatoms. The van der Waals surface area contributed by atoms with Crippen LogP contribution < -0.4 is 16.1 Å². The Labute approximate surface area is 294 Å². The lowest BCUT2D eigenvalue weighted by Gasteiger charge is -2.22. The Morgan fingerprint density at radius 1 is 1.04 bits per heavy atom. The van der Waals surface area contributed by atoms with Crippen LogP contribution in [-0.2, 0) is 23.1 Å². The number of fused-ring (bicyclic) bond motifs is 1. The summed E-state index contributed by atoms with van der Waals surface area (Å²) in [6, 6.07) is 0. The van der Waals surface area contributed by atoms with Crippen LogP contribution in [0.2, 0.25) is 5.28 Å². The van der Waals surface area contributed by atoms with E-state index in [1.807, 2.05) is 0 Å². The molecule has 4 atom stereocenters. The molecular formula is C34H51ClN7O6P. The van der Waals surface area contributed by atoms with E-state index in [1.54, 1.807) is 11.5 Å². The number of hydrogen-bond acceptors (Lipinski definition) is 10. The summed E-state index contributed by atoms with van der Waals surface area (Å²) in [7, 11) is -3.74. The number of amides is 1. The molecule has 4 unspecified atom stereocenters. The third kappa shape index (κ3) is 14.7. The minimum Gasteiger partial charge on any atom is -0.390 e. The minimum atomic E-state index is -3.74. The van der Waals surface area contributed by atoms with E-state index in [9.17, 15) is 14.5 Å². The van der Waals surface area contributed by atoms with E-state index in [2.05, 4.69) is 93.0 Å². The van der Waals surface area contributed by atoms with Crippen LogP contribution in [0.15, 0.2) is 67.1 Å². The maximum atomic E-state index is 13.2. The van der Waals surface area contributed by atoms with Crippen molar-refractivity contribution in [2.45, 2.75) is 90.1 Å². The predicted octanol–water partition coefficient (Wildman–Crippen LogP) is 6.50. The first-order valence-corrected chi connectivity index (χ1v) is 18.8. The normalized spacial score (nSPS) is 19.9. The number of anilines is 1. The SMILES string of the molecule is CCC=CCC=CCC=CCC=CCC=CCCCC(=O)NCCNP(=O)(OCC)OCC1OC(n2cnc3c(N)nc(Cl)nc32)CC1O. The fraction of sp³-hybridized carbons (Fsp3) is 0.529. The predicted molar refractivity (Wildman–Crippen MR) is 194 cm³/mol. The number of nitrogens with zero attached hydrogens (tertiary/aromatic N) is 4. The van der Waals surface area contributed by atoms with Crippen molar-refractivity contribution >= 4 is 42.2 Å². The van der Waals surface area contributed by atoms with Crippen molar-refractivity contribution in [1.29, 1.82) is 0 Å². The van der Waals surface area contributed by atoms with E-state index >= 15 is 0 Å². The maximum Gasteiger partial charge on any atom is 0.405 e. The number of carbonyl (C=O) groups is 1. The van der Waals surface area contributed by atoms with Gasteiger partial charge in [-0.3, -0.25) is 18.4 Å². The summed E-state index contributed by atoms with van der Waals surface area (Å²) in [5, 5.41) is 16.2. The quantitative estimate of drug-likeness (QED) is 0.0427. The van der Waals surface area contributed by atoms with Gasteiger partial charge in [0.2, 0.25) is 11.2 Å². The molecule has 2 aromatic rings. The number of ether oxygens (including phenoxy) is 1. The summed E-state index contributed by atoms with van der Waals surface area (Å²) in [4.78, 5) is 24.5. The summed E-state index contributed by atoms with van der Waals surface area (Å²) in [5.74, 6) is 0.0450. The van der Waals surface area contributed by atoms with Gasteiger partial charge in [0.25, 0.3) is 0 Å². The number of halogens is 1. The van der Waals surface area contributed by atoms with E-state index in [4.69, 9.17) is 31.1 Å². The van der Waals surface area contributed by atoms with Crippen LogP contribution in [0, 0.1) is 0 Å². The van der Waals surface area contributed by atoms with Gasteiger partial charge >= 0.3 is 7.75 Å². The van der Waals surface area contributed by atoms with Crippen molar-refractivity contribution in [2.24, 2.45) is 0 Å².